The van der Waals surface area contributed by atoms with E-state index in [2.05, 4.69) is 43.9 Å². The fourth-order valence-electron chi connectivity index (χ4n) is 3.04. The lowest BCUT2D eigenvalue weighted by Crippen LogP contribution is -2.49. The van der Waals surface area contributed by atoms with Gasteiger partial charge in [-0.3, -0.25) is 0 Å². The van der Waals surface area contributed by atoms with Crippen LogP contribution in [0.15, 0.2) is 30.8 Å². The van der Waals surface area contributed by atoms with Gasteiger partial charge in [0, 0.05) is 13.1 Å². The van der Waals surface area contributed by atoms with Gasteiger partial charge in [0.2, 0.25) is 0 Å². The Morgan fingerprint density at radius 3 is 2.35 bits per heavy atom. The van der Waals surface area contributed by atoms with Crippen LogP contribution in [0.3, 0.4) is 0 Å². The van der Waals surface area contributed by atoms with Gasteiger partial charge in [0.1, 0.15) is 0 Å². The quantitative estimate of drug-likeness (QED) is 0.843. The summed E-state index contributed by atoms with van der Waals surface area (Å²) in [6.45, 7) is 11.9. The van der Waals surface area contributed by atoms with Crippen molar-refractivity contribution in [3.63, 3.8) is 0 Å². The van der Waals surface area contributed by atoms with Crippen LogP contribution in [0.1, 0.15) is 64.0 Å². The van der Waals surface area contributed by atoms with Gasteiger partial charge >= 0.3 is 6.03 Å². The third-order valence-electron chi connectivity index (χ3n) is 4.64. The molecule has 0 bridgehead atoms. The maximum absolute atomic E-state index is 12.7. The summed E-state index contributed by atoms with van der Waals surface area (Å²) in [6.07, 6.45) is 5.98. The highest BCUT2D eigenvalue weighted by atomic mass is 16.2. The van der Waals surface area contributed by atoms with Crippen molar-refractivity contribution in [1.82, 2.24) is 10.2 Å². The van der Waals surface area contributed by atoms with Gasteiger partial charge in [-0.15, -0.1) is 0 Å². The average Bonchev–Trinajstić information content (AvgIpc) is 2.46. The molecule has 3 nitrogen and oxygen atoms in total. The summed E-state index contributed by atoms with van der Waals surface area (Å²) >= 11 is 0. The van der Waals surface area contributed by atoms with Gasteiger partial charge in [0.15, 0.2) is 0 Å². The van der Waals surface area contributed by atoms with Gasteiger partial charge in [0.25, 0.3) is 0 Å². The van der Waals surface area contributed by atoms with Gasteiger partial charge in [-0.2, -0.15) is 0 Å². The van der Waals surface area contributed by atoms with E-state index in [4.69, 9.17) is 0 Å². The number of rotatable bonds is 3. The molecule has 0 atom stereocenters. The minimum Gasteiger partial charge on any atom is -0.329 e. The van der Waals surface area contributed by atoms with Crippen molar-refractivity contribution in [2.45, 2.75) is 58.4 Å². The summed E-state index contributed by atoms with van der Waals surface area (Å²) in [4.78, 5) is 14.6. The molecule has 1 aliphatic rings. The van der Waals surface area contributed by atoms with Crippen molar-refractivity contribution in [2.75, 3.05) is 13.1 Å². The van der Waals surface area contributed by atoms with Gasteiger partial charge in [0.05, 0.1) is 5.54 Å². The molecule has 1 aromatic rings. The van der Waals surface area contributed by atoms with Crippen molar-refractivity contribution in [3.8, 4) is 0 Å². The van der Waals surface area contributed by atoms with Crippen molar-refractivity contribution < 1.29 is 4.79 Å². The molecule has 0 saturated carbocycles. The van der Waals surface area contributed by atoms with E-state index in [1.807, 2.05) is 17.9 Å². The zero-order valence-corrected chi connectivity index (χ0v) is 14.8. The molecular formula is C20H30N2O. The number of likely N-dealkylation sites (tertiary alicyclic amines) is 1. The van der Waals surface area contributed by atoms with Crippen molar-refractivity contribution in [2.24, 2.45) is 0 Å². The first-order valence-electron chi connectivity index (χ1n) is 8.74. The zero-order valence-electron chi connectivity index (χ0n) is 14.8. The molecule has 126 valence electrons. The Kier molecular flexibility index (Phi) is 5.86. The smallest absolute Gasteiger partial charge is 0.318 e. The number of hydrogen-bond acceptors (Lipinski definition) is 1. The molecule has 1 saturated heterocycles. The van der Waals surface area contributed by atoms with Crippen LogP contribution in [0.5, 0.6) is 0 Å². The van der Waals surface area contributed by atoms with E-state index in [0.29, 0.717) is 0 Å². The standard InChI is InChI=1S/C20H30N2O/c1-16(2)17-11-10-12-18(15-17)20(3,4)21-19(23)22-13-8-6-5-7-9-14-22/h10-12,15H,1,5-9,13-14H2,2-4H3,(H,21,23). The molecule has 1 heterocycles. The lowest BCUT2D eigenvalue weighted by atomic mass is 9.92. The summed E-state index contributed by atoms with van der Waals surface area (Å²) in [6, 6.07) is 8.33. The molecule has 2 amide bonds. The van der Waals surface area contributed by atoms with E-state index in [1.54, 1.807) is 0 Å². The second-order valence-corrected chi connectivity index (χ2v) is 7.17. The van der Waals surface area contributed by atoms with Crippen LogP contribution in [0.2, 0.25) is 0 Å². The van der Waals surface area contributed by atoms with Crippen LogP contribution in [-0.4, -0.2) is 24.0 Å². The Bertz CT molecular complexity index is 555. The number of hydrogen-bond donors (Lipinski definition) is 1. The van der Waals surface area contributed by atoms with E-state index >= 15 is 0 Å². The van der Waals surface area contributed by atoms with Crippen molar-refractivity contribution >= 4 is 11.6 Å². The Morgan fingerprint density at radius 1 is 1.13 bits per heavy atom. The van der Waals surface area contributed by atoms with Crippen LogP contribution < -0.4 is 5.32 Å². The highest BCUT2D eigenvalue weighted by Crippen LogP contribution is 2.24. The van der Waals surface area contributed by atoms with E-state index in [-0.39, 0.29) is 6.03 Å². The monoisotopic (exact) mass is 314 g/mol. The predicted octanol–water partition coefficient (Wildman–Crippen LogP) is 4.93. The highest BCUT2D eigenvalue weighted by molar-refractivity contribution is 5.75. The minimum atomic E-state index is -0.398. The number of benzene rings is 1. The molecule has 0 spiro atoms. The largest absolute Gasteiger partial charge is 0.329 e. The van der Waals surface area contributed by atoms with Crippen LogP contribution in [0.25, 0.3) is 5.57 Å². The maximum Gasteiger partial charge on any atom is 0.318 e. The molecule has 1 N–H and O–H groups in total. The fourth-order valence-corrected chi connectivity index (χ4v) is 3.04. The van der Waals surface area contributed by atoms with Gasteiger partial charge < -0.3 is 10.2 Å². The highest BCUT2D eigenvalue weighted by Gasteiger charge is 2.26. The Morgan fingerprint density at radius 2 is 1.74 bits per heavy atom. The second-order valence-electron chi connectivity index (χ2n) is 7.17. The third-order valence-corrected chi connectivity index (χ3v) is 4.64. The number of urea groups is 1. The van der Waals surface area contributed by atoms with Crippen LogP contribution in [0.4, 0.5) is 4.79 Å². The lowest BCUT2D eigenvalue weighted by Gasteiger charge is -2.32. The fraction of sp³-hybridized carbons (Fsp3) is 0.550. The summed E-state index contributed by atoms with van der Waals surface area (Å²) in [5, 5.41) is 3.21. The first-order chi connectivity index (χ1) is 10.9. The summed E-state index contributed by atoms with van der Waals surface area (Å²) in [5.74, 6) is 0. The van der Waals surface area contributed by atoms with Gasteiger partial charge in [-0.05, 0) is 50.8 Å². The third kappa shape index (κ3) is 4.85. The van der Waals surface area contributed by atoms with Gasteiger partial charge in [-0.25, -0.2) is 4.79 Å². The van der Waals surface area contributed by atoms with Crippen LogP contribution in [0, 0.1) is 0 Å². The Balaban J connectivity index is 2.08. The SMILES string of the molecule is C=C(C)c1cccc(C(C)(C)NC(=O)N2CCCCCCC2)c1. The summed E-state index contributed by atoms with van der Waals surface area (Å²) in [7, 11) is 0. The van der Waals surface area contributed by atoms with E-state index in [1.165, 1.54) is 19.3 Å². The van der Waals surface area contributed by atoms with Crippen molar-refractivity contribution in [3.05, 3.63) is 42.0 Å². The normalized spacial score (nSPS) is 16.4. The topological polar surface area (TPSA) is 32.3 Å². The summed E-state index contributed by atoms with van der Waals surface area (Å²) < 4.78 is 0. The van der Waals surface area contributed by atoms with E-state index in [0.717, 1.165) is 42.6 Å². The molecule has 1 fully saturated rings. The number of amides is 2. The lowest BCUT2D eigenvalue weighted by molar-refractivity contribution is 0.181. The molecule has 0 unspecified atom stereocenters. The Labute approximate surface area is 140 Å². The number of allylic oxidation sites excluding steroid dienone is 1. The van der Waals surface area contributed by atoms with E-state index in [9.17, 15) is 4.79 Å². The average molecular weight is 314 g/mol. The first kappa shape index (κ1) is 17.6. The van der Waals surface area contributed by atoms with Crippen LogP contribution in [-0.2, 0) is 5.54 Å². The number of nitrogens with zero attached hydrogens (tertiary/aromatic N) is 1. The molecule has 3 heteroatoms. The number of nitrogens with one attached hydrogen (secondary N) is 1. The zero-order chi connectivity index (χ0) is 16.9. The predicted molar refractivity (Wildman–Crippen MR) is 97.4 cm³/mol. The maximum atomic E-state index is 12.7. The van der Waals surface area contributed by atoms with Crippen LogP contribution >= 0.6 is 0 Å². The molecule has 0 aromatic heterocycles. The minimum absolute atomic E-state index is 0.0534. The Hall–Kier alpha value is -1.77. The number of carbonyl (C=O) groups is 1. The summed E-state index contributed by atoms with van der Waals surface area (Å²) in [5.41, 5.74) is 2.87. The molecule has 0 aliphatic carbocycles. The molecule has 1 aliphatic heterocycles. The molecule has 1 aromatic carbocycles. The second kappa shape index (κ2) is 7.67. The molecule has 0 radical (unpaired) electrons. The molecule has 2 rings (SSSR count). The first-order valence-corrected chi connectivity index (χ1v) is 8.74. The number of carbonyl (C=O) groups excluding carboxylic acids is 1. The van der Waals surface area contributed by atoms with Gasteiger partial charge in [-0.1, -0.05) is 49.6 Å². The van der Waals surface area contributed by atoms with E-state index < -0.39 is 5.54 Å². The molecular weight excluding hydrogens is 284 g/mol. The van der Waals surface area contributed by atoms with Crippen molar-refractivity contribution in [1.29, 1.82) is 0 Å². The molecule has 23 heavy (non-hydrogen) atoms.